The normalized spacial score (nSPS) is 14.1. The Morgan fingerprint density at radius 3 is 1.86 bits per heavy atom. The van der Waals surface area contributed by atoms with Crippen LogP contribution < -0.4 is 38.9 Å². The van der Waals surface area contributed by atoms with E-state index in [-0.39, 0.29) is 37.7 Å². The number of carboxylic acid groups (broad SMARTS) is 2. The number of carbonyl (C=O) groups excluding carboxylic acids is 3. The molecule has 0 aliphatic rings. The van der Waals surface area contributed by atoms with Crippen LogP contribution in [0.15, 0.2) is 4.99 Å². The van der Waals surface area contributed by atoms with Crippen LogP contribution in [0.2, 0.25) is 0 Å². The predicted octanol–water partition coefficient (Wildman–Crippen LogP) is -2.44. The van der Waals surface area contributed by atoms with Crippen LogP contribution in [-0.4, -0.2) is 83.1 Å². The SMILES string of the molecule is CC(C)CC(N)C(=O)NC(CC(=O)O)C(=O)NC(CCCN=C(N)N)C(=O)NC(CCCCN)C(=O)O. The van der Waals surface area contributed by atoms with Gasteiger partial charge in [0.05, 0.1) is 12.5 Å². The van der Waals surface area contributed by atoms with E-state index in [1.165, 1.54) is 0 Å². The van der Waals surface area contributed by atoms with Crippen LogP contribution in [0.1, 0.15) is 58.8 Å². The second-order valence-corrected chi connectivity index (χ2v) is 9.09. The minimum atomic E-state index is -1.52. The molecular weight excluding hydrogens is 488 g/mol. The fourth-order valence-electron chi connectivity index (χ4n) is 3.34. The van der Waals surface area contributed by atoms with Crippen LogP contribution in [0, 0.1) is 5.92 Å². The number of aliphatic imine (C=N–C) groups is 1. The lowest BCUT2D eigenvalue weighted by Crippen LogP contribution is -2.57. The van der Waals surface area contributed by atoms with Gasteiger partial charge in [0.25, 0.3) is 0 Å². The fourth-order valence-corrected chi connectivity index (χ4v) is 3.34. The minimum absolute atomic E-state index is 0.00406. The Labute approximate surface area is 216 Å². The molecule has 0 aromatic rings. The summed E-state index contributed by atoms with van der Waals surface area (Å²) in [6.45, 7) is 4.18. The number of guanidine groups is 1. The second-order valence-electron chi connectivity index (χ2n) is 9.09. The second kappa shape index (κ2) is 17.9. The number of aliphatic carboxylic acids is 2. The van der Waals surface area contributed by atoms with Gasteiger partial charge in [0.2, 0.25) is 17.7 Å². The van der Waals surface area contributed by atoms with Crippen molar-refractivity contribution in [1.29, 1.82) is 0 Å². The van der Waals surface area contributed by atoms with E-state index in [0.29, 0.717) is 25.8 Å². The summed E-state index contributed by atoms with van der Waals surface area (Å²) in [5, 5.41) is 25.8. The van der Waals surface area contributed by atoms with Gasteiger partial charge in [0, 0.05) is 6.54 Å². The summed E-state index contributed by atoms with van der Waals surface area (Å²) < 4.78 is 0. The number of rotatable bonds is 19. The number of amides is 3. The summed E-state index contributed by atoms with van der Waals surface area (Å²) >= 11 is 0. The lowest BCUT2D eigenvalue weighted by molar-refractivity contribution is -0.143. The average molecular weight is 531 g/mol. The van der Waals surface area contributed by atoms with Gasteiger partial charge >= 0.3 is 11.9 Å². The van der Waals surface area contributed by atoms with Crippen molar-refractivity contribution in [3.8, 4) is 0 Å². The Morgan fingerprint density at radius 1 is 0.811 bits per heavy atom. The Morgan fingerprint density at radius 2 is 1.35 bits per heavy atom. The first-order chi connectivity index (χ1) is 17.3. The maximum atomic E-state index is 12.9. The monoisotopic (exact) mass is 530 g/mol. The van der Waals surface area contributed by atoms with Gasteiger partial charge in [-0.15, -0.1) is 0 Å². The molecule has 0 aliphatic carbocycles. The highest BCUT2D eigenvalue weighted by Gasteiger charge is 2.31. The van der Waals surface area contributed by atoms with Crippen molar-refractivity contribution in [1.82, 2.24) is 16.0 Å². The van der Waals surface area contributed by atoms with Gasteiger partial charge in [-0.25, -0.2) is 4.79 Å². The van der Waals surface area contributed by atoms with E-state index in [4.69, 9.17) is 22.9 Å². The Balaban J connectivity index is 5.62. The summed E-state index contributed by atoms with van der Waals surface area (Å²) in [5.74, 6) is -5.16. The molecule has 15 nitrogen and oxygen atoms in total. The maximum absolute atomic E-state index is 12.9. The number of carbonyl (C=O) groups is 5. The standard InChI is InChI=1S/C22H42N8O7/c1-12(2)10-13(24)18(33)30-16(11-17(31)32)20(35)28-14(7-5-9-27-22(25)26)19(34)29-15(21(36)37)6-3-4-8-23/h12-16H,3-11,23-24H2,1-2H3,(H,28,35)(H,29,34)(H,30,33)(H,31,32)(H,36,37)(H4,25,26,27). The highest BCUT2D eigenvalue weighted by atomic mass is 16.4. The number of nitrogens with one attached hydrogen (secondary N) is 3. The number of hydrogen-bond donors (Lipinski definition) is 9. The van der Waals surface area contributed by atoms with Crippen LogP contribution >= 0.6 is 0 Å². The number of nitrogens with two attached hydrogens (primary N) is 4. The lowest BCUT2D eigenvalue weighted by atomic mass is 10.0. The molecule has 15 heteroatoms. The van der Waals surface area contributed by atoms with Gasteiger partial charge in [0.15, 0.2) is 5.96 Å². The van der Waals surface area contributed by atoms with Gasteiger partial charge in [-0.1, -0.05) is 13.8 Å². The van der Waals surface area contributed by atoms with Crippen molar-refractivity contribution in [2.45, 2.75) is 83.0 Å². The summed E-state index contributed by atoms with van der Waals surface area (Å²) in [4.78, 5) is 65.0. The summed E-state index contributed by atoms with van der Waals surface area (Å²) in [5.41, 5.74) is 21.9. The molecule has 212 valence electrons. The third kappa shape index (κ3) is 15.3. The first-order valence-corrected chi connectivity index (χ1v) is 12.1. The van der Waals surface area contributed by atoms with E-state index in [2.05, 4.69) is 20.9 Å². The van der Waals surface area contributed by atoms with Crippen molar-refractivity contribution in [2.75, 3.05) is 13.1 Å². The molecule has 13 N–H and O–H groups in total. The van der Waals surface area contributed by atoms with Gasteiger partial charge in [-0.05, 0) is 51.0 Å². The first-order valence-electron chi connectivity index (χ1n) is 12.1. The third-order valence-corrected chi connectivity index (χ3v) is 5.21. The molecule has 3 amide bonds. The molecule has 0 aromatic heterocycles. The van der Waals surface area contributed by atoms with Gasteiger partial charge in [-0.2, -0.15) is 0 Å². The highest BCUT2D eigenvalue weighted by Crippen LogP contribution is 2.07. The van der Waals surface area contributed by atoms with Crippen molar-refractivity contribution < 1.29 is 34.2 Å². The number of unbranched alkanes of at least 4 members (excludes halogenated alkanes) is 1. The molecule has 4 atom stereocenters. The number of nitrogens with zero attached hydrogens (tertiary/aromatic N) is 1. The average Bonchev–Trinajstić information content (AvgIpc) is 2.78. The van der Waals surface area contributed by atoms with Crippen LogP contribution in [0.4, 0.5) is 0 Å². The first kappa shape index (κ1) is 33.5. The Kier molecular flexibility index (Phi) is 16.2. The van der Waals surface area contributed by atoms with Gasteiger partial charge in [0.1, 0.15) is 18.1 Å². The van der Waals surface area contributed by atoms with E-state index in [0.717, 1.165) is 0 Å². The summed E-state index contributed by atoms with van der Waals surface area (Å²) in [6.07, 6.45) is 0.931. The molecular formula is C22H42N8O7. The van der Waals surface area contributed by atoms with Crippen molar-refractivity contribution >= 4 is 35.6 Å². The molecule has 0 heterocycles. The summed E-state index contributed by atoms with van der Waals surface area (Å²) in [6, 6.07) is -4.96. The smallest absolute Gasteiger partial charge is 0.326 e. The van der Waals surface area contributed by atoms with Crippen LogP contribution in [0.5, 0.6) is 0 Å². The van der Waals surface area contributed by atoms with Crippen LogP contribution in [-0.2, 0) is 24.0 Å². The highest BCUT2D eigenvalue weighted by molar-refractivity contribution is 5.95. The molecule has 0 rings (SSSR count). The zero-order valence-electron chi connectivity index (χ0n) is 21.4. The summed E-state index contributed by atoms with van der Waals surface area (Å²) in [7, 11) is 0. The maximum Gasteiger partial charge on any atom is 0.326 e. The molecule has 0 spiro atoms. The molecule has 0 bridgehead atoms. The topological polar surface area (TPSA) is 278 Å². The molecule has 0 saturated heterocycles. The quantitative estimate of drug-likeness (QED) is 0.0480. The van der Waals surface area contributed by atoms with Gasteiger partial charge < -0.3 is 49.1 Å². The van der Waals surface area contributed by atoms with Gasteiger partial charge in [-0.3, -0.25) is 24.2 Å². The lowest BCUT2D eigenvalue weighted by Gasteiger charge is -2.25. The van der Waals surface area contributed by atoms with Crippen LogP contribution in [0.3, 0.4) is 0 Å². The molecule has 0 radical (unpaired) electrons. The molecule has 0 saturated carbocycles. The van der Waals surface area contributed by atoms with E-state index >= 15 is 0 Å². The number of hydrogen-bond acceptors (Lipinski definition) is 8. The van der Waals surface area contributed by atoms with Crippen molar-refractivity contribution in [3.05, 3.63) is 0 Å². The van der Waals surface area contributed by atoms with E-state index in [1.807, 2.05) is 13.8 Å². The molecule has 37 heavy (non-hydrogen) atoms. The molecule has 4 unspecified atom stereocenters. The Bertz CT molecular complexity index is 802. The van der Waals surface area contributed by atoms with E-state index < -0.39 is 60.2 Å². The van der Waals surface area contributed by atoms with Crippen molar-refractivity contribution in [2.24, 2.45) is 33.8 Å². The molecule has 0 aromatic carbocycles. The molecule has 0 fully saturated rings. The van der Waals surface area contributed by atoms with Crippen LogP contribution in [0.25, 0.3) is 0 Å². The largest absolute Gasteiger partial charge is 0.481 e. The van der Waals surface area contributed by atoms with E-state index in [9.17, 15) is 34.2 Å². The van der Waals surface area contributed by atoms with Crippen molar-refractivity contribution in [3.63, 3.8) is 0 Å². The van der Waals surface area contributed by atoms with E-state index in [1.54, 1.807) is 0 Å². The minimum Gasteiger partial charge on any atom is -0.481 e. The predicted molar refractivity (Wildman–Crippen MR) is 136 cm³/mol. The third-order valence-electron chi connectivity index (χ3n) is 5.21. The molecule has 0 aliphatic heterocycles. The zero-order chi connectivity index (χ0) is 28.5. The number of carboxylic acids is 2. The Hall–Kier alpha value is -3.46. The fraction of sp³-hybridized carbons (Fsp3) is 0.727. The zero-order valence-corrected chi connectivity index (χ0v) is 21.4.